The molecular weight excluding hydrogens is 560 g/mol. The van der Waals surface area contributed by atoms with Crippen molar-refractivity contribution in [3.63, 3.8) is 0 Å². The molecule has 0 aliphatic carbocycles. The smallest absolute Gasteiger partial charge is 0.270 e. The Hall–Kier alpha value is -5.24. The highest BCUT2D eigenvalue weighted by atomic mass is 16.2. The van der Waals surface area contributed by atoms with Crippen LogP contribution in [0.3, 0.4) is 0 Å². The molecule has 3 aromatic heterocycles. The monoisotopic (exact) mass is 594 g/mol. The molecule has 1 fully saturated rings. The molecular formula is C37H34N6O2. The zero-order valence-corrected chi connectivity index (χ0v) is 25.3. The first-order valence-corrected chi connectivity index (χ1v) is 15.8. The predicted molar refractivity (Wildman–Crippen MR) is 179 cm³/mol. The molecule has 0 saturated carbocycles. The minimum absolute atomic E-state index is 0.182. The third kappa shape index (κ3) is 4.77. The third-order valence-corrected chi connectivity index (χ3v) is 9.17. The number of carbonyl (C=O) groups excluding carboxylic acids is 1. The molecule has 224 valence electrons. The van der Waals surface area contributed by atoms with Gasteiger partial charge in [-0.2, -0.15) is 0 Å². The van der Waals surface area contributed by atoms with Crippen molar-refractivity contribution < 1.29 is 4.79 Å². The summed E-state index contributed by atoms with van der Waals surface area (Å²) in [6, 6.07) is 29.1. The average Bonchev–Trinajstić information content (AvgIpc) is 3.73. The van der Waals surface area contributed by atoms with E-state index in [2.05, 4.69) is 63.5 Å². The number of para-hydroxylation sites is 1. The Balaban J connectivity index is 1.26. The first kappa shape index (κ1) is 27.3. The van der Waals surface area contributed by atoms with Crippen LogP contribution >= 0.6 is 0 Å². The molecule has 1 amide bonds. The fourth-order valence-corrected chi connectivity index (χ4v) is 6.99. The standard InChI is InChI=1S/C37H34N6O2/c1-2-42-32-13-7-6-12-26(32)27-21-25(15-16-33(27)42)36-39-30-22-28-29(38-31(37(45)40-28)20-24-10-4-3-5-11-24)23-34(30)43(36)19-9-18-41-17-8-14-35(41)44/h3-7,10-13,15-16,21-23H,2,8-9,14,17-20H2,1H3,(H,40,45). The lowest BCUT2D eigenvalue weighted by Gasteiger charge is -2.16. The number of imidazole rings is 1. The lowest BCUT2D eigenvalue weighted by molar-refractivity contribution is -0.127. The van der Waals surface area contributed by atoms with E-state index in [9.17, 15) is 9.59 Å². The summed E-state index contributed by atoms with van der Waals surface area (Å²) in [7, 11) is 0. The van der Waals surface area contributed by atoms with E-state index in [1.54, 1.807) is 0 Å². The van der Waals surface area contributed by atoms with Gasteiger partial charge in [0.15, 0.2) is 0 Å². The number of fused-ring (bicyclic) bond motifs is 5. The molecule has 1 aliphatic heterocycles. The normalized spacial score (nSPS) is 13.7. The number of benzene rings is 4. The van der Waals surface area contributed by atoms with Crippen LogP contribution in [0.25, 0.3) is 55.3 Å². The number of nitrogens with one attached hydrogen (secondary N) is 1. The van der Waals surface area contributed by atoms with Gasteiger partial charge in [0.2, 0.25) is 5.91 Å². The number of nitrogens with zero attached hydrogens (tertiary/aromatic N) is 5. The van der Waals surface area contributed by atoms with Crippen LogP contribution in [0.15, 0.2) is 89.7 Å². The number of amides is 1. The molecule has 0 spiro atoms. The first-order valence-electron chi connectivity index (χ1n) is 15.8. The first-order chi connectivity index (χ1) is 22.1. The van der Waals surface area contributed by atoms with Crippen LogP contribution in [0.5, 0.6) is 0 Å². The van der Waals surface area contributed by atoms with E-state index < -0.39 is 0 Å². The molecule has 0 atom stereocenters. The summed E-state index contributed by atoms with van der Waals surface area (Å²) < 4.78 is 4.62. The minimum Gasteiger partial charge on any atom is -0.343 e. The van der Waals surface area contributed by atoms with Crippen LogP contribution < -0.4 is 5.56 Å². The predicted octanol–water partition coefficient (Wildman–Crippen LogP) is 6.67. The van der Waals surface area contributed by atoms with Crippen LogP contribution in [0.4, 0.5) is 0 Å². The van der Waals surface area contributed by atoms with Crippen LogP contribution in [0.2, 0.25) is 0 Å². The maximum absolute atomic E-state index is 13.0. The number of hydrogen-bond donors (Lipinski definition) is 1. The Morgan fingerprint density at radius 2 is 1.60 bits per heavy atom. The molecule has 0 unspecified atom stereocenters. The number of rotatable bonds is 8. The highest BCUT2D eigenvalue weighted by Crippen LogP contribution is 2.34. The number of aromatic nitrogens is 5. The van der Waals surface area contributed by atoms with Gasteiger partial charge in [-0.1, -0.05) is 48.5 Å². The Labute approximate surface area is 259 Å². The number of hydrogen-bond acceptors (Lipinski definition) is 4. The van der Waals surface area contributed by atoms with E-state index in [1.165, 1.54) is 21.8 Å². The Bertz CT molecular complexity index is 2300. The van der Waals surface area contributed by atoms with E-state index >= 15 is 0 Å². The van der Waals surface area contributed by atoms with Crippen molar-refractivity contribution in [3.8, 4) is 11.4 Å². The highest BCUT2D eigenvalue weighted by Gasteiger charge is 2.21. The molecule has 4 heterocycles. The molecule has 0 bridgehead atoms. The molecule has 1 aliphatic rings. The van der Waals surface area contributed by atoms with Crippen molar-refractivity contribution in [1.82, 2.24) is 29.0 Å². The van der Waals surface area contributed by atoms with Gasteiger partial charge in [0.1, 0.15) is 11.5 Å². The fourth-order valence-electron chi connectivity index (χ4n) is 6.99. The summed E-state index contributed by atoms with van der Waals surface area (Å²) in [6.07, 6.45) is 2.86. The summed E-state index contributed by atoms with van der Waals surface area (Å²) in [6.45, 7) is 5.33. The van der Waals surface area contributed by atoms with Gasteiger partial charge >= 0.3 is 0 Å². The Kier molecular flexibility index (Phi) is 6.70. The number of likely N-dealkylation sites (tertiary alicyclic amines) is 1. The van der Waals surface area contributed by atoms with Gasteiger partial charge < -0.3 is 19.0 Å². The minimum atomic E-state index is -0.182. The van der Waals surface area contributed by atoms with E-state index in [0.717, 1.165) is 66.0 Å². The summed E-state index contributed by atoms with van der Waals surface area (Å²) in [4.78, 5) is 40.4. The molecule has 1 N–H and O–H groups in total. The summed E-state index contributed by atoms with van der Waals surface area (Å²) in [5.74, 6) is 1.11. The Morgan fingerprint density at radius 1 is 0.778 bits per heavy atom. The van der Waals surface area contributed by atoms with Crippen LogP contribution in [0.1, 0.15) is 37.4 Å². The molecule has 8 rings (SSSR count). The largest absolute Gasteiger partial charge is 0.343 e. The van der Waals surface area contributed by atoms with Gasteiger partial charge in [-0.25, -0.2) is 9.97 Å². The average molecular weight is 595 g/mol. The molecule has 4 aromatic carbocycles. The summed E-state index contributed by atoms with van der Waals surface area (Å²) in [5.41, 5.74) is 7.99. The number of aryl methyl sites for hydroxylation is 2. The fraction of sp³-hybridized carbons (Fsp3) is 0.243. The van der Waals surface area contributed by atoms with Crippen molar-refractivity contribution in [2.75, 3.05) is 13.1 Å². The van der Waals surface area contributed by atoms with Gasteiger partial charge in [0, 0.05) is 66.4 Å². The second-order valence-electron chi connectivity index (χ2n) is 12.0. The van der Waals surface area contributed by atoms with E-state index in [-0.39, 0.29) is 11.5 Å². The quantitative estimate of drug-likeness (QED) is 0.213. The van der Waals surface area contributed by atoms with Crippen molar-refractivity contribution in [1.29, 1.82) is 0 Å². The van der Waals surface area contributed by atoms with Crippen molar-refractivity contribution in [2.24, 2.45) is 0 Å². The molecule has 8 nitrogen and oxygen atoms in total. The van der Waals surface area contributed by atoms with Crippen molar-refractivity contribution in [3.05, 3.63) is 107 Å². The molecule has 45 heavy (non-hydrogen) atoms. The lowest BCUT2D eigenvalue weighted by atomic mass is 10.1. The molecule has 7 aromatic rings. The Morgan fingerprint density at radius 3 is 2.42 bits per heavy atom. The molecule has 1 saturated heterocycles. The summed E-state index contributed by atoms with van der Waals surface area (Å²) >= 11 is 0. The summed E-state index contributed by atoms with van der Waals surface area (Å²) in [5, 5.41) is 2.43. The maximum Gasteiger partial charge on any atom is 0.270 e. The van der Waals surface area contributed by atoms with Crippen LogP contribution in [-0.2, 0) is 24.3 Å². The number of H-pyrrole nitrogens is 1. The van der Waals surface area contributed by atoms with E-state index in [4.69, 9.17) is 9.97 Å². The SMILES string of the molecule is CCn1c2ccccc2c2cc(-c3nc4cc5[nH]c(=O)c(Cc6ccccc6)nc5cc4n3CCCN3CCCC3=O)ccc21. The van der Waals surface area contributed by atoms with Gasteiger partial charge in [0.25, 0.3) is 5.56 Å². The molecule has 8 heteroatoms. The van der Waals surface area contributed by atoms with E-state index in [1.807, 2.05) is 47.4 Å². The van der Waals surface area contributed by atoms with Gasteiger partial charge in [-0.3, -0.25) is 9.59 Å². The lowest BCUT2D eigenvalue weighted by Crippen LogP contribution is -2.26. The number of carbonyl (C=O) groups is 1. The van der Waals surface area contributed by atoms with Gasteiger partial charge in [-0.15, -0.1) is 0 Å². The van der Waals surface area contributed by atoms with Crippen molar-refractivity contribution in [2.45, 2.75) is 45.7 Å². The second kappa shape index (κ2) is 11.0. The zero-order chi connectivity index (χ0) is 30.5. The topological polar surface area (TPSA) is 88.8 Å². The number of aromatic amines is 1. The second-order valence-corrected chi connectivity index (χ2v) is 12.0. The van der Waals surface area contributed by atoms with E-state index in [0.29, 0.717) is 30.6 Å². The van der Waals surface area contributed by atoms with Crippen molar-refractivity contribution >= 4 is 49.8 Å². The van der Waals surface area contributed by atoms with Crippen LogP contribution in [-0.4, -0.2) is 48.0 Å². The van der Waals surface area contributed by atoms with Gasteiger partial charge in [-0.05, 0) is 61.7 Å². The third-order valence-electron chi connectivity index (χ3n) is 9.17. The van der Waals surface area contributed by atoms with Gasteiger partial charge in [0.05, 0.1) is 22.1 Å². The highest BCUT2D eigenvalue weighted by molar-refractivity contribution is 6.09. The molecule has 0 radical (unpaired) electrons. The van der Waals surface area contributed by atoms with Crippen LogP contribution in [0, 0.1) is 0 Å². The zero-order valence-electron chi connectivity index (χ0n) is 25.3. The maximum atomic E-state index is 13.0.